The highest BCUT2D eigenvalue weighted by Gasteiger charge is 2.42. The molecule has 4 N–H and O–H groups in total. The molecule has 2 unspecified atom stereocenters. The maximum absolute atomic E-state index is 14.0. The molecule has 0 fully saturated rings. The zero-order chi connectivity index (χ0) is 35.2. The molecule has 0 amide bonds. The highest BCUT2D eigenvalue weighted by Crippen LogP contribution is 2.57. The molecule has 8 heteroatoms. The average molecular weight is 653 g/mol. The molecular weight excluding hydrogens is 596 g/mol. The summed E-state index contributed by atoms with van der Waals surface area (Å²) >= 11 is 0. The number of ketones is 2. The Bertz CT molecular complexity index is 1530. The Kier molecular flexibility index (Phi) is 10.5. The number of carbonyl (C=O) groups excluding carboxylic acids is 2. The van der Waals surface area contributed by atoms with E-state index in [9.17, 15) is 30.0 Å². The summed E-state index contributed by atoms with van der Waals surface area (Å²) in [6.07, 6.45) is 5.24. The fourth-order valence-corrected chi connectivity index (χ4v) is 6.92. The first-order valence-electron chi connectivity index (χ1n) is 17.5. The van der Waals surface area contributed by atoms with Crippen molar-refractivity contribution in [2.45, 2.75) is 144 Å². The number of aromatic hydroxyl groups is 4. The van der Waals surface area contributed by atoms with Crippen molar-refractivity contribution in [3.05, 3.63) is 33.4 Å². The molecule has 2 heterocycles. The molecule has 2 aromatic rings. The maximum atomic E-state index is 14.0. The van der Waals surface area contributed by atoms with E-state index in [4.69, 9.17) is 9.47 Å². The fourth-order valence-electron chi connectivity index (χ4n) is 6.92. The van der Waals surface area contributed by atoms with Crippen LogP contribution in [0.4, 0.5) is 0 Å². The minimum absolute atomic E-state index is 0.000632. The van der Waals surface area contributed by atoms with Crippen LogP contribution in [0.5, 0.6) is 34.5 Å². The van der Waals surface area contributed by atoms with Crippen LogP contribution < -0.4 is 9.47 Å². The van der Waals surface area contributed by atoms with E-state index in [0.717, 1.165) is 12.8 Å². The molecule has 0 aliphatic carbocycles. The summed E-state index contributed by atoms with van der Waals surface area (Å²) in [5.41, 5.74) is -0.253. The summed E-state index contributed by atoms with van der Waals surface area (Å²) in [5.74, 6) is -2.92. The van der Waals surface area contributed by atoms with Crippen LogP contribution in [0.2, 0.25) is 0 Å². The van der Waals surface area contributed by atoms with E-state index in [-0.39, 0.29) is 56.8 Å². The van der Waals surface area contributed by atoms with Crippen molar-refractivity contribution in [3.8, 4) is 34.5 Å². The minimum atomic E-state index is -0.940. The van der Waals surface area contributed by atoms with Gasteiger partial charge in [0.1, 0.15) is 56.8 Å². The van der Waals surface area contributed by atoms with E-state index in [1.807, 2.05) is 34.6 Å². The van der Waals surface area contributed by atoms with Gasteiger partial charge < -0.3 is 29.9 Å². The summed E-state index contributed by atoms with van der Waals surface area (Å²) in [7, 11) is 0. The minimum Gasteiger partial charge on any atom is -0.507 e. The molecule has 2 aliphatic heterocycles. The number of hydrogen-bond acceptors (Lipinski definition) is 8. The van der Waals surface area contributed by atoms with E-state index >= 15 is 0 Å². The highest BCUT2D eigenvalue weighted by molar-refractivity contribution is 6.05. The molecule has 2 aliphatic rings. The van der Waals surface area contributed by atoms with Gasteiger partial charge in [0.05, 0.1) is 0 Å². The van der Waals surface area contributed by atoms with Crippen LogP contribution in [0.3, 0.4) is 0 Å². The topological polar surface area (TPSA) is 134 Å². The summed E-state index contributed by atoms with van der Waals surface area (Å²) in [6, 6.07) is 0. The predicted molar refractivity (Wildman–Crippen MR) is 184 cm³/mol. The number of Topliss-reactive ketones (excluding diaryl/α,β-unsaturated/α-hetero) is 2. The van der Waals surface area contributed by atoms with E-state index in [2.05, 4.69) is 13.8 Å². The number of ether oxygens (including phenoxy) is 2. The predicted octanol–water partition coefficient (Wildman–Crippen LogP) is 9.13. The average Bonchev–Trinajstić information content (AvgIpc) is 2.97. The van der Waals surface area contributed by atoms with E-state index in [1.165, 1.54) is 0 Å². The van der Waals surface area contributed by atoms with Crippen molar-refractivity contribution in [1.29, 1.82) is 0 Å². The van der Waals surface area contributed by atoms with Crippen molar-refractivity contribution in [2.75, 3.05) is 0 Å². The third-order valence-electron chi connectivity index (χ3n) is 10.1. The highest BCUT2D eigenvalue weighted by atomic mass is 16.5. The van der Waals surface area contributed by atoms with E-state index in [1.54, 1.807) is 20.8 Å². The van der Waals surface area contributed by atoms with Gasteiger partial charge in [-0.15, -0.1) is 0 Å². The van der Waals surface area contributed by atoms with Gasteiger partial charge in [0.2, 0.25) is 0 Å². The fraction of sp³-hybridized carbons (Fsp3) is 0.641. The summed E-state index contributed by atoms with van der Waals surface area (Å²) < 4.78 is 12.6. The second-order valence-electron chi connectivity index (χ2n) is 15.7. The van der Waals surface area contributed by atoms with Crippen LogP contribution >= 0.6 is 0 Å². The van der Waals surface area contributed by atoms with E-state index < -0.39 is 40.5 Å². The lowest BCUT2D eigenvalue weighted by Crippen LogP contribution is -2.34. The number of benzene rings is 2. The number of fused-ring (bicyclic) bond motifs is 2. The van der Waals surface area contributed by atoms with E-state index in [0.29, 0.717) is 62.0 Å². The Labute approximate surface area is 280 Å². The molecule has 2 aromatic carbocycles. The number of rotatable bonds is 12. The van der Waals surface area contributed by atoms with Gasteiger partial charge in [0.25, 0.3) is 0 Å². The second-order valence-corrected chi connectivity index (χ2v) is 15.7. The molecule has 0 bridgehead atoms. The van der Waals surface area contributed by atoms with Gasteiger partial charge in [0, 0.05) is 40.0 Å². The Morgan fingerprint density at radius 3 is 1.51 bits per heavy atom. The maximum Gasteiger partial charge on any atom is 0.173 e. The lowest BCUT2D eigenvalue weighted by molar-refractivity contribution is 0.0764. The van der Waals surface area contributed by atoms with Crippen LogP contribution in [-0.4, -0.2) is 43.2 Å². The van der Waals surface area contributed by atoms with Crippen LogP contribution in [0.1, 0.15) is 163 Å². The van der Waals surface area contributed by atoms with Gasteiger partial charge in [-0.25, -0.2) is 0 Å². The number of carbonyl (C=O) groups is 2. The lowest BCUT2D eigenvalue weighted by atomic mass is 9.77. The van der Waals surface area contributed by atoms with Crippen LogP contribution in [0, 0.1) is 17.8 Å². The normalized spacial score (nSPS) is 17.8. The molecule has 47 heavy (non-hydrogen) atoms. The molecule has 0 saturated carbocycles. The van der Waals surface area contributed by atoms with Gasteiger partial charge in [-0.1, -0.05) is 60.8 Å². The van der Waals surface area contributed by atoms with Gasteiger partial charge in [0.15, 0.2) is 11.6 Å². The third kappa shape index (κ3) is 7.07. The molecule has 8 nitrogen and oxygen atoms in total. The van der Waals surface area contributed by atoms with Gasteiger partial charge in [-0.3, -0.25) is 9.59 Å². The summed E-state index contributed by atoms with van der Waals surface area (Å²) in [4.78, 5) is 27.7. The number of phenolic OH excluding ortho intramolecular Hbond substituents is 4. The standard InChI is InChI=1S/C39H56O8/c1-11-22(6)31(41)29-35(45)27(33(43)25-17-19-39(9,10)47-37(25)29)23(15-13-12-14-20(2)3)26-32(42)24-16-18-38(7,8)46-36(24)28(34(26)44)30(40)21(4)5/h20-23,42-45H,11-19H2,1-10H3. The Morgan fingerprint density at radius 1 is 0.681 bits per heavy atom. The van der Waals surface area contributed by atoms with Crippen molar-refractivity contribution in [2.24, 2.45) is 17.8 Å². The van der Waals surface area contributed by atoms with Crippen LogP contribution in [-0.2, 0) is 12.8 Å². The SMILES string of the molecule is CCC(C)C(=O)c1c(O)c(C(CCCCC(C)C)c2c(O)c3c(c(C(=O)C(C)C)c2O)OC(C)(C)CC3)c(O)c2c1OC(C)(C)CC2. The third-order valence-corrected chi connectivity index (χ3v) is 10.1. The van der Waals surface area contributed by atoms with Gasteiger partial charge in [-0.2, -0.15) is 0 Å². The number of unbranched alkanes of at least 4 members (excludes halogenated alkanes) is 1. The van der Waals surface area contributed by atoms with Crippen molar-refractivity contribution in [1.82, 2.24) is 0 Å². The monoisotopic (exact) mass is 652 g/mol. The van der Waals surface area contributed by atoms with Crippen LogP contribution in [0.15, 0.2) is 0 Å². The number of hydrogen-bond donors (Lipinski definition) is 4. The Morgan fingerprint density at radius 2 is 1.11 bits per heavy atom. The smallest absolute Gasteiger partial charge is 0.173 e. The largest absolute Gasteiger partial charge is 0.507 e. The Hall–Kier alpha value is -3.42. The first-order valence-corrected chi connectivity index (χ1v) is 17.5. The van der Waals surface area contributed by atoms with Crippen molar-refractivity contribution in [3.63, 3.8) is 0 Å². The van der Waals surface area contributed by atoms with Crippen LogP contribution in [0.25, 0.3) is 0 Å². The zero-order valence-electron chi connectivity index (χ0n) is 30.1. The summed E-state index contributed by atoms with van der Waals surface area (Å²) in [6.45, 7) is 19.1. The summed E-state index contributed by atoms with van der Waals surface area (Å²) in [5, 5.41) is 48.2. The van der Waals surface area contributed by atoms with Crippen molar-refractivity contribution < 1.29 is 39.5 Å². The first kappa shape index (κ1) is 36.4. The first-order chi connectivity index (χ1) is 21.8. The quantitative estimate of drug-likeness (QED) is 0.132. The molecule has 260 valence electrons. The molecule has 4 rings (SSSR count). The second kappa shape index (κ2) is 13.6. The molecular formula is C39H56O8. The van der Waals surface area contributed by atoms with Gasteiger partial charge in [-0.05, 0) is 72.1 Å². The Balaban J connectivity index is 2.09. The van der Waals surface area contributed by atoms with Crippen molar-refractivity contribution >= 4 is 11.6 Å². The molecule has 0 radical (unpaired) electrons. The molecule has 0 saturated heterocycles. The molecule has 2 atom stereocenters. The number of phenols is 4. The molecule has 0 aromatic heterocycles. The molecule has 0 spiro atoms. The van der Waals surface area contributed by atoms with Gasteiger partial charge >= 0.3 is 0 Å². The lowest BCUT2D eigenvalue weighted by Gasteiger charge is -2.37. The zero-order valence-corrected chi connectivity index (χ0v) is 30.1.